The Kier molecular flexibility index (Phi) is 4.87. The van der Waals surface area contributed by atoms with Gasteiger partial charge in [0.1, 0.15) is 34.6 Å². The Morgan fingerprint density at radius 1 is 1.00 bits per heavy atom. The van der Waals surface area contributed by atoms with E-state index in [-0.39, 0.29) is 11.5 Å². The Balaban J connectivity index is 1.87. The predicted octanol–water partition coefficient (Wildman–Crippen LogP) is 5.62. The van der Waals surface area contributed by atoms with Gasteiger partial charge in [0, 0.05) is 17.7 Å². The zero-order chi connectivity index (χ0) is 20.4. The van der Waals surface area contributed by atoms with Crippen LogP contribution in [0.4, 0.5) is 10.0 Å². The molecule has 0 amide bonds. The van der Waals surface area contributed by atoms with Gasteiger partial charge in [-0.25, -0.2) is 10.3 Å². The lowest BCUT2D eigenvalue weighted by Gasteiger charge is -2.40. The van der Waals surface area contributed by atoms with Crippen molar-refractivity contribution < 1.29 is 4.74 Å². The van der Waals surface area contributed by atoms with Gasteiger partial charge >= 0.3 is 5.84 Å². The van der Waals surface area contributed by atoms with E-state index >= 15 is 0 Å². The van der Waals surface area contributed by atoms with Crippen molar-refractivity contribution in [3.8, 4) is 33.7 Å². The van der Waals surface area contributed by atoms with E-state index in [1.54, 1.807) is 24.3 Å². The molecule has 2 aromatic rings. The molecule has 140 valence electrons. The van der Waals surface area contributed by atoms with Gasteiger partial charge in [0.25, 0.3) is 0 Å². The molecule has 0 bridgehead atoms. The molecule has 0 unspecified atom stereocenters. The summed E-state index contributed by atoms with van der Waals surface area (Å²) in [4.78, 5) is 13.3. The molecule has 1 saturated carbocycles. The highest BCUT2D eigenvalue weighted by molar-refractivity contribution is 7.26. The second kappa shape index (κ2) is 7.49. The van der Waals surface area contributed by atoms with E-state index in [0.29, 0.717) is 15.8 Å². The zero-order valence-electron chi connectivity index (χ0n) is 15.1. The molecule has 2 aliphatic rings. The summed E-state index contributed by atoms with van der Waals surface area (Å²) >= 11 is 2.77. The SMILES string of the molecule is [C-]#[N+]/C(C#N)=N/c1cc2c(s1)-c1sc(N=C(C#N)C#N)cc1OC21CCCCC1. The first-order chi connectivity index (χ1) is 14.1. The van der Waals surface area contributed by atoms with Gasteiger partial charge in [-0.05, 0) is 25.7 Å². The molecular formula is C20H12N6OS2. The number of rotatable bonds is 2. The van der Waals surface area contributed by atoms with Crippen molar-refractivity contribution in [2.75, 3.05) is 0 Å². The summed E-state index contributed by atoms with van der Waals surface area (Å²) in [6.07, 6.45) is 5.02. The quantitative estimate of drug-likeness (QED) is 0.359. The van der Waals surface area contributed by atoms with Crippen LogP contribution in [0.15, 0.2) is 22.1 Å². The minimum absolute atomic E-state index is 0.202. The van der Waals surface area contributed by atoms with E-state index < -0.39 is 5.60 Å². The lowest BCUT2D eigenvalue weighted by molar-refractivity contribution is 0.0251. The van der Waals surface area contributed by atoms with Crippen molar-refractivity contribution in [2.45, 2.75) is 37.7 Å². The van der Waals surface area contributed by atoms with Crippen LogP contribution in [0.2, 0.25) is 0 Å². The van der Waals surface area contributed by atoms with E-state index in [1.165, 1.54) is 22.7 Å². The van der Waals surface area contributed by atoms with Crippen LogP contribution in [-0.2, 0) is 5.60 Å². The summed E-state index contributed by atoms with van der Waals surface area (Å²) in [5.41, 5.74) is 0.378. The van der Waals surface area contributed by atoms with Crippen LogP contribution in [0.3, 0.4) is 0 Å². The predicted molar refractivity (Wildman–Crippen MR) is 111 cm³/mol. The number of hydrogen-bond donors (Lipinski definition) is 0. The van der Waals surface area contributed by atoms with Gasteiger partial charge in [-0.3, -0.25) is 0 Å². The van der Waals surface area contributed by atoms with Crippen molar-refractivity contribution in [1.82, 2.24) is 0 Å². The highest BCUT2D eigenvalue weighted by Crippen LogP contribution is 2.58. The largest absolute Gasteiger partial charge is 0.481 e. The normalized spacial score (nSPS) is 16.2. The Hall–Kier alpha value is -3.50. The Labute approximate surface area is 175 Å². The molecule has 2 aromatic heterocycles. The Morgan fingerprint density at radius 3 is 2.34 bits per heavy atom. The maximum atomic E-state index is 9.04. The molecule has 1 aliphatic carbocycles. The van der Waals surface area contributed by atoms with Gasteiger partial charge in [0.2, 0.25) is 10.7 Å². The van der Waals surface area contributed by atoms with E-state index in [9.17, 15) is 0 Å². The molecule has 1 spiro atoms. The van der Waals surface area contributed by atoms with Crippen LogP contribution < -0.4 is 4.74 Å². The van der Waals surface area contributed by atoms with E-state index in [0.717, 1.165) is 47.4 Å². The van der Waals surface area contributed by atoms with Crippen molar-refractivity contribution >= 4 is 44.2 Å². The molecule has 0 radical (unpaired) electrons. The summed E-state index contributed by atoms with van der Waals surface area (Å²) in [5, 5.41) is 28.1. The highest BCUT2D eigenvalue weighted by atomic mass is 32.1. The minimum Gasteiger partial charge on any atom is -0.481 e. The smallest absolute Gasteiger partial charge is 0.350 e. The number of nitrogens with zero attached hydrogens (tertiary/aromatic N) is 6. The van der Waals surface area contributed by atoms with Crippen molar-refractivity contribution in [2.24, 2.45) is 9.98 Å². The number of fused-ring (bicyclic) bond motifs is 4. The van der Waals surface area contributed by atoms with Crippen LogP contribution in [0.5, 0.6) is 5.75 Å². The van der Waals surface area contributed by atoms with Gasteiger partial charge in [-0.15, -0.1) is 11.3 Å². The monoisotopic (exact) mass is 416 g/mol. The first kappa shape index (κ1) is 18.8. The van der Waals surface area contributed by atoms with Crippen LogP contribution in [-0.4, -0.2) is 11.5 Å². The van der Waals surface area contributed by atoms with E-state index in [2.05, 4.69) is 14.8 Å². The van der Waals surface area contributed by atoms with Crippen LogP contribution >= 0.6 is 22.7 Å². The first-order valence-electron chi connectivity index (χ1n) is 8.85. The maximum Gasteiger partial charge on any atom is 0.350 e. The molecular weight excluding hydrogens is 404 g/mol. The summed E-state index contributed by atoms with van der Waals surface area (Å²) in [6.45, 7) is 7.07. The lowest BCUT2D eigenvalue weighted by atomic mass is 9.78. The molecule has 0 saturated heterocycles. The van der Waals surface area contributed by atoms with Crippen LogP contribution in [0.1, 0.15) is 37.7 Å². The minimum atomic E-state index is -0.453. The molecule has 4 rings (SSSR count). The molecule has 1 aliphatic heterocycles. The highest BCUT2D eigenvalue weighted by Gasteiger charge is 2.44. The number of nitriles is 3. The fourth-order valence-electron chi connectivity index (χ4n) is 3.72. The standard InChI is InChI=1S/C20H12N6OS2/c1-24-15(11-23)26-16-7-13-18(28-16)19-14(27-20(13)5-3-2-4-6-20)8-17(29-19)25-12(9-21)10-22/h7-8H,2-6H2/b26-15+. The third kappa shape index (κ3) is 3.28. The molecule has 0 atom stereocenters. The van der Waals surface area contributed by atoms with Crippen molar-refractivity contribution in [3.05, 3.63) is 29.1 Å². The van der Waals surface area contributed by atoms with Crippen molar-refractivity contribution in [3.63, 3.8) is 0 Å². The van der Waals surface area contributed by atoms with Crippen molar-refractivity contribution in [1.29, 1.82) is 15.8 Å². The fourth-order valence-corrected chi connectivity index (χ4v) is 5.95. The van der Waals surface area contributed by atoms with Gasteiger partial charge in [0.15, 0.2) is 0 Å². The van der Waals surface area contributed by atoms with Crippen LogP contribution in [0, 0.1) is 40.6 Å². The lowest BCUT2D eigenvalue weighted by Crippen LogP contribution is -2.37. The second-order valence-electron chi connectivity index (χ2n) is 6.61. The van der Waals surface area contributed by atoms with Gasteiger partial charge in [-0.1, -0.05) is 29.3 Å². The average Bonchev–Trinajstić information content (AvgIpc) is 3.35. The molecule has 7 nitrogen and oxygen atoms in total. The van der Waals surface area contributed by atoms with Gasteiger partial charge in [-0.2, -0.15) is 10.5 Å². The van der Waals surface area contributed by atoms with E-state index in [4.69, 9.17) is 27.1 Å². The van der Waals surface area contributed by atoms with E-state index in [1.807, 2.05) is 6.07 Å². The number of aliphatic imine (C=N–C) groups is 2. The number of ether oxygens (including phenoxy) is 1. The fraction of sp³-hybridized carbons (Fsp3) is 0.300. The topological polar surface area (TPSA) is 110 Å². The second-order valence-corrected chi connectivity index (χ2v) is 8.67. The molecule has 1 fully saturated rings. The first-order valence-corrected chi connectivity index (χ1v) is 10.5. The molecule has 29 heavy (non-hydrogen) atoms. The zero-order valence-corrected chi connectivity index (χ0v) is 16.7. The van der Waals surface area contributed by atoms with Gasteiger partial charge in [0.05, 0.1) is 9.75 Å². The molecule has 9 heteroatoms. The summed E-state index contributed by atoms with van der Waals surface area (Å²) in [6, 6.07) is 9.06. The summed E-state index contributed by atoms with van der Waals surface area (Å²) < 4.78 is 6.50. The number of amidine groups is 1. The number of hydrogen-bond acceptors (Lipinski definition) is 8. The Bertz CT molecular complexity index is 1180. The average molecular weight is 416 g/mol. The van der Waals surface area contributed by atoms with Crippen LogP contribution in [0.25, 0.3) is 14.6 Å². The molecule has 0 N–H and O–H groups in total. The third-order valence-electron chi connectivity index (χ3n) is 4.92. The van der Waals surface area contributed by atoms with Gasteiger partial charge < -0.3 is 9.58 Å². The molecule has 3 heterocycles. The molecule has 0 aromatic carbocycles. The maximum absolute atomic E-state index is 9.04. The number of thiophene rings is 2. The third-order valence-corrected chi connectivity index (χ3v) is 7.13. The Morgan fingerprint density at radius 2 is 1.69 bits per heavy atom. The summed E-state index contributed by atoms with van der Waals surface area (Å²) in [5.74, 6) is 0.494. The summed E-state index contributed by atoms with van der Waals surface area (Å²) in [7, 11) is 0.